The first-order chi connectivity index (χ1) is 21.0. The molecule has 3 aromatic rings. The first-order valence-corrected chi connectivity index (χ1v) is 12.8. The van der Waals surface area contributed by atoms with Gasteiger partial charge in [0.25, 0.3) is 11.5 Å². The normalized spacial score (nSPS) is 18.2. The fraction of sp³-hybridized carbons (Fsp3) is 0.321. The third kappa shape index (κ3) is 6.99. The Morgan fingerprint density at radius 1 is 0.848 bits per heavy atom. The van der Waals surface area contributed by atoms with Gasteiger partial charge in [0.15, 0.2) is 0 Å². The summed E-state index contributed by atoms with van der Waals surface area (Å²) < 4.78 is 162. The zero-order chi connectivity index (χ0) is 34.5. The summed E-state index contributed by atoms with van der Waals surface area (Å²) in [4.78, 5) is 29.6. The molecule has 6 nitrogen and oxygen atoms in total. The number of nitrogens with one attached hydrogen (secondary N) is 2. The molecule has 2 amide bonds. The molecule has 46 heavy (non-hydrogen) atoms. The van der Waals surface area contributed by atoms with Crippen molar-refractivity contribution in [3.05, 3.63) is 82.4 Å². The van der Waals surface area contributed by atoms with E-state index in [2.05, 4.69) is 15.3 Å². The maximum absolute atomic E-state index is 14.5. The smallest absolute Gasteiger partial charge is 0.374 e. The van der Waals surface area contributed by atoms with E-state index in [0.29, 0.717) is 0 Å². The Hall–Kier alpha value is -4.51. The average Bonchev–Trinajstić information content (AvgIpc) is 3.40. The van der Waals surface area contributed by atoms with Gasteiger partial charge in [-0.3, -0.25) is 9.59 Å². The van der Waals surface area contributed by atoms with Crippen molar-refractivity contribution in [2.45, 2.75) is 49.7 Å². The topological polar surface area (TPSA) is 79.8 Å². The second-order valence-electron chi connectivity index (χ2n) is 10.2. The molecule has 3 aromatic carbocycles. The minimum absolute atomic E-state index is 0.0460. The average molecular weight is 673 g/mol. The van der Waals surface area contributed by atoms with E-state index in [-0.39, 0.29) is 40.1 Å². The fourth-order valence-electron chi connectivity index (χ4n) is 4.67. The number of oxime groups is 1. The van der Waals surface area contributed by atoms with Crippen LogP contribution in [0.4, 0.5) is 52.7 Å². The van der Waals surface area contributed by atoms with E-state index in [1.165, 1.54) is 24.3 Å². The van der Waals surface area contributed by atoms with Crippen molar-refractivity contribution in [2.75, 3.05) is 6.54 Å². The summed E-state index contributed by atoms with van der Waals surface area (Å²) in [7, 11) is 0. The van der Waals surface area contributed by atoms with Gasteiger partial charge in [-0.05, 0) is 42.0 Å². The highest BCUT2D eigenvalue weighted by molar-refractivity contribution is 6.16. The van der Waals surface area contributed by atoms with Gasteiger partial charge in [-0.15, -0.1) is 0 Å². The molecule has 0 aliphatic carbocycles. The molecule has 0 aromatic heterocycles. The number of rotatable bonds is 6. The molecule has 1 aliphatic rings. The van der Waals surface area contributed by atoms with Crippen LogP contribution in [0.25, 0.3) is 10.8 Å². The Labute approximate surface area is 250 Å². The highest BCUT2D eigenvalue weighted by Crippen LogP contribution is 2.51. The Balaban J connectivity index is 1.72. The van der Waals surface area contributed by atoms with Crippen LogP contribution in [-0.4, -0.2) is 42.5 Å². The van der Waals surface area contributed by atoms with Crippen molar-refractivity contribution in [1.29, 1.82) is 0 Å². The van der Waals surface area contributed by atoms with Gasteiger partial charge in [0.05, 0.1) is 16.8 Å². The van der Waals surface area contributed by atoms with E-state index in [1.807, 2.05) is 0 Å². The molecule has 1 aliphatic heterocycles. The summed E-state index contributed by atoms with van der Waals surface area (Å²) in [6.45, 7) is -0.565. The molecule has 0 saturated carbocycles. The van der Waals surface area contributed by atoms with Crippen molar-refractivity contribution in [2.24, 2.45) is 5.16 Å². The molecule has 0 spiro atoms. The lowest BCUT2D eigenvalue weighted by molar-refractivity contribution is -0.276. The number of hydrogen-bond acceptors (Lipinski definition) is 4. The van der Waals surface area contributed by atoms with Gasteiger partial charge in [-0.1, -0.05) is 35.5 Å². The zero-order valence-electron chi connectivity index (χ0n) is 22.9. The van der Waals surface area contributed by atoms with Gasteiger partial charge < -0.3 is 15.5 Å². The molecule has 0 radical (unpaired) electrons. The van der Waals surface area contributed by atoms with Crippen molar-refractivity contribution < 1.29 is 67.1 Å². The van der Waals surface area contributed by atoms with E-state index >= 15 is 0 Å². The Morgan fingerprint density at radius 2 is 1.41 bits per heavy atom. The maximum Gasteiger partial charge on any atom is 0.435 e. The number of amides is 2. The van der Waals surface area contributed by atoms with E-state index in [9.17, 15) is 62.3 Å². The number of alkyl halides is 12. The molecule has 0 fully saturated rings. The summed E-state index contributed by atoms with van der Waals surface area (Å²) in [5, 5.41) is 7.30. The van der Waals surface area contributed by atoms with Crippen LogP contribution in [0, 0.1) is 0 Å². The standard InChI is InChI=1S/C28H19F12N3O3/c1-13(22(44)41-12-25(29,30)31)42-23(45)20-7-6-19(17-4-2-3-5-18(17)20)21-11-24(46-43-21,28(38,39)40)14-8-15(26(32,33)34)10-16(9-14)27(35,36)37/h2-10,13H,11-12H2,1H3,(H,41,44)(H,42,45). The molecule has 0 bridgehead atoms. The summed E-state index contributed by atoms with van der Waals surface area (Å²) in [5.41, 5.74) is -10.1. The van der Waals surface area contributed by atoms with Crippen molar-refractivity contribution in [3.63, 3.8) is 0 Å². The second kappa shape index (κ2) is 11.7. The van der Waals surface area contributed by atoms with Gasteiger partial charge in [0.1, 0.15) is 12.6 Å². The van der Waals surface area contributed by atoms with Crippen LogP contribution in [0.5, 0.6) is 0 Å². The molecule has 4 rings (SSSR count). The van der Waals surface area contributed by atoms with Gasteiger partial charge in [0, 0.05) is 23.1 Å². The summed E-state index contributed by atoms with van der Waals surface area (Å²) in [6.07, 6.45) is -22.6. The molecule has 248 valence electrons. The van der Waals surface area contributed by atoms with Crippen molar-refractivity contribution >= 4 is 28.3 Å². The van der Waals surface area contributed by atoms with Gasteiger partial charge in [-0.2, -0.15) is 52.7 Å². The Kier molecular flexibility index (Phi) is 8.73. The van der Waals surface area contributed by atoms with Crippen LogP contribution in [0.2, 0.25) is 0 Å². The monoisotopic (exact) mass is 673 g/mol. The molecule has 2 unspecified atom stereocenters. The maximum atomic E-state index is 14.5. The zero-order valence-corrected chi connectivity index (χ0v) is 22.9. The number of halogens is 12. The summed E-state index contributed by atoms with van der Waals surface area (Å²) in [6, 6.07) is 5.65. The molecular formula is C28H19F12N3O3. The Morgan fingerprint density at radius 3 is 1.93 bits per heavy atom. The first-order valence-electron chi connectivity index (χ1n) is 12.8. The number of benzene rings is 3. The number of carbonyl (C=O) groups is 2. The first kappa shape index (κ1) is 34.4. The lowest BCUT2D eigenvalue weighted by Gasteiger charge is -2.30. The highest BCUT2D eigenvalue weighted by atomic mass is 19.4. The minimum Gasteiger partial charge on any atom is -0.374 e. The van der Waals surface area contributed by atoms with Crippen LogP contribution in [0.3, 0.4) is 0 Å². The molecular weight excluding hydrogens is 654 g/mol. The van der Waals surface area contributed by atoms with E-state index in [4.69, 9.17) is 0 Å². The molecule has 0 saturated heterocycles. The van der Waals surface area contributed by atoms with E-state index in [0.717, 1.165) is 19.1 Å². The number of hydrogen-bond donors (Lipinski definition) is 2. The number of fused-ring (bicyclic) bond motifs is 1. The Bertz CT molecular complexity index is 1660. The second-order valence-corrected chi connectivity index (χ2v) is 10.2. The quantitative estimate of drug-likeness (QED) is 0.271. The largest absolute Gasteiger partial charge is 0.435 e. The predicted molar refractivity (Wildman–Crippen MR) is 136 cm³/mol. The van der Waals surface area contributed by atoms with E-state index < -0.39 is 83.5 Å². The van der Waals surface area contributed by atoms with Gasteiger partial charge in [0.2, 0.25) is 5.91 Å². The third-order valence-electron chi connectivity index (χ3n) is 6.92. The van der Waals surface area contributed by atoms with Crippen LogP contribution in [-0.2, 0) is 27.6 Å². The molecule has 2 atom stereocenters. The van der Waals surface area contributed by atoms with Crippen LogP contribution < -0.4 is 10.6 Å². The minimum atomic E-state index is -5.58. The summed E-state index contributed by atoms with van der Waals surface area (Å²) in [5.74, 6) is -2.13. The SMILES string of the molecule is CC(NC(=O)c1ccc(C2=NOC(c3cc(C(F)(F)F)cc(C(F)(F)F)c3)(C(F)(F)F)C2)c2ccccc12)C(=O)NCC(F)(F)F. The van der Waals surface area contributed by atoms with Crippen LogP contribution >= 0.6 is 0 Å². The van der Waals surface area contributed by atoms with Crippen LogP contribution in [0.15, 0.2) is 59.8 Å². The van der Waals surface area contributed by atoms with E-state index in [1.54, 1.807) is 5.32 Å². The van der Waals surface area contributed by atoms with Gasteiger partial charge in [-0.25, -0.2) is 0 Å². The highest BCUT2D eigenvalue weighted by Gasteiger charge is 2.63. The van der Waals surface area contributed by atoms with Crippen molar-refractivity contribution in [3.8, 4) is 0 Å². The summed E-state index contributed by atoms with van der Waals surface area (Å²) >= 11 is 0. The van der Waals surface area contributed by atoms with Crippen LogP contribution in [0.1, 0.15) is 46.0 Å². The fourth-order valence-corrected chi connectivity index (χ4v) is 4.67. The number of carbonyl (C=O) groups excluding carboxylic acids is 2. The lowest BCUT2D eigenvalue weighted by atomic mass is 9.83. The third-order valence-corrected chi connectivity index (χ3v) is 6.92. The predicted octanol–water partition coefficient (Wildman–Crippen LogP) is 7.26. The molecule has 1 heterocycles. The van der Waals surface area contributed by atoms with Gasteiger partial charge >= 0.3 is 24.7 Å². The lowest BCUT2D eigenvalue weighted by Crippen LogP contribution is -2.47. The molecule has 2 N–H and O–H groups in total. The van der Waals surface area contributed by atoms with Crippen molar-refractivity contribution in [1.82, 2.24) is 10.6 Å². The molecule has 18 heteroatoms. The number of nitrogens with zero attached hydrogens (tertiary/aromatic N) is 1.